The third-order valence-corrected chi connectivity index (χ3v) is 6.45. The molecule has 1 unspecified atom stereocenters. The van der Waals surface area contributed by atoms with Gasteiger partial charge in [-0.2, -0.15) is 0 Å². The van der Waals surface area contributed by atoms with Gasteiger partial charge in [-0.05, 0) is 42.0 Å². The average molecular weight is 473 g/mol. The van der Waals surface area contributed by atoms with Gasteiger partial charge in [-0.1, -0.05) is 42.5 Å². The summed E-state index contributed by atoms with van der Waals surface area (Å²) in [5, 5.41) is 3.10. The molecule has 1 aliphatic heterocycles. The highest BCUT2D eigenvalue weighted by Gasteiger charge is 2.23. The summed E-state index contributed by atoms with van der Waals surface area (Å²) in [7, 11) is 0. The lowest BCUT2D eigenvalue weighted by molar-refractivity contribution is -0.121. The zero-order valence-electron chi connectivity index (χ0n) is 19.6. The van der Waals surface area contributed by atoms with Crippen LogP contribution in [0.4, 0.5) is 4.39 Å². The topological polar surface area (TPSA) is 59.4 Å². The molecule has 0 aliphatic carbocycles. The molecule has 2 heterocycles. The Hall–Kier alpha value is -3.55. The Labute approximate surface area is 204 Å². The Morgan fingerprint density at radius 3 is 2.46 bits per heavy atom. The van der Waals surface area contributed by atoms with Crippen LogP contribution in [-0.2, 0) is 16.0 Å². The quantitative estimate of drug-likeness (QED) is 0.416. The Morgan fingerprint density at radius 1 is 0.971 bits per heavy atom. The number of aromatic nitrogens is 2. The molecule has 4 aromatic rings. The fraction of sp³-hybridized carbons (Fsp3) is 0.286. The Morgan fingerprint density at radius 2 is 1.69 bits per heavy atom. The summed E-state index contributed by atoms with van der Waals surface area (Å²) in [4.78, 5) is 20.0. The molecule has 1 amide bonds. The van der Waals surface area contributed by atoms with E-state index >= 15 is 0 Å². The highest BCUT2D eigenvalue weighted by molar-refractivity contribution is 5.79. The molecule has 1 aliphatic rings. The van der Waals surface area contributed by atoms with E-state index in [1.807, 2.05) is 48.5 Å². The molecule has 0 radical (unpaired) electrons. The van der Waals surface area contributed by atoms with Gasteiger partial charge in [0.25, 0.3) is 0 Å². The van der Waals surface area contributed by atoms with E-state index < -0.39 is 0 Å². The van der Waals surface area contributed by atoms with Crippen LogP contribution in [-0.4, -0.2) is 53.2 Å². The zero-order chi connectivity index (χ0) is 24.0. The van der Waals surface area contributed by atoms with Crippen LogP contribution in [0.2, 0.25) is 0 Å². The van der Waals surface area contributed by atoms with Crippen molar-refractivity contribution >= 4 is 16.9 Å². The smallest absolute Gasteiger partial charge is 0.220 e. The number of hydrogen-bond acceptors (Lipinski definition) is 4. The van der Waals surface area contributed by atoms with Gasteiger partial charge in [0.1, 0.15) is 11.6 Å². The standard InChI is InChI=1S/C28H29FN4O2/c29-22-12-10-21(11-13-22)26(32-16-18-35-19-17-32)20-30-28(34)15-14-27-31-24-8-4-5-9-25(24)33(27)23-6-2-1-3-7-23/h1-13,26H,14-20H2,(H,30,34). The van der Waals surface area contributed by atoms with Crippen molar-refractivity contribution in [2.75, 3.05) is 32.8 Å². The number of amides is 1. The van der Waals surface area contributed by atoms with Crippen molar-refractivity contribution in [1.29, 1.82) is 0 Å². The van der Waals surface area contributed by atoms with Crippen molar-refractivity contribution in [2.45, 2.75) is 18.9 Å². The van der Waals surface area contributed by atoms with Crippen LogP contribution in [0.1, 0.15) is 23.9 Å². The molecule has 1 aromatic heterocycles. The monoisotopic (exact) mass is 472 g/mol. The molecule has 3 aromatic carbocycles. The first kappa shape index (κ1) is 23.2. The molecule has 0 saturated carbocycles. The molecule has 5 rings (SSSR count). The van der Waals surface area contributed by atoms with Crippen molar-refractivity contribution in [2.24, 2.45) is 0 Å². The lowest BCUT2D eigenvalue weighted by atomic mass is 10.0. The normalized spacial score (nSPS) is 15.2. The third kappa shape index (κ3) is 5.42. The van der Waals surface area contributed by atoms with Gasteiger partial charge in [0.15, 0.2) is 0 Å². The number of fused-ring (bicyclic) bond motifs is 1. The highest BCUT2D eigenvalue weighted by atomic mass is 19.1. The highest BCUT2D eigenvalue weighted by Crippen LogP contribution is 2.23. The van der Waals surface area contributed by atoms with E-state index in [1.54, 1.807) is 12.1 Å². The number of hydrogen-bond donors (Lipinski definition) is 1. The van der Waals surface area contributed by atoms with Gasteiger partial charge < -0.3 is 10.1 Å². The van der Waals surface area contributed by atoms with Crippen LogP contribution in [0.25, 0.3) is 16.7 Å². The number of benzene rings is 3. The van der Waals surface area contributed by atoms with Gasteiger partial charge in [-0.15, -0.1) is 0 Å². The number of halogens is 1. The second-order valence-corrected chi connectivity index (χ2v) is 8.71. The molecule has 1 N–H and O–H groups in total. The van der Waals surface area contributed by atoms with E-state index in [1.165, 1.54) is 12.1 Å². The molecule has 35 heavy (non-hydrogen) atoms. The molecular weight excluding hydrogens is 443 g/mol. The zero-order valence-corrected chi connectivity index (χ0v) is 19.6. The third-order valence-electron chi connectivity index (χ3n) is 6.45. The van der Waals surface area contributed by atoms with Crippen LogP contribution in [0, 0.1) is 5.82 Å². The molecule has 0 spiro atoms. The summed E-state index contributed by atoms with van der Waals surface area (Å²) in [6, 6.07) is 24.6. The number of nitrogens with zero attached hydrogens (tertiary/aromatic N) is 3. The minimum absolute atomic E-state index is 0.0302. The summed E-state index contributed by atoms with van der Waals surface area (Å²) >= 11 is 0. The van der Waals surface area contributed by atoms with Gasteiger partial charge in [-0.3, -0.25) is 14.3 Å². The summed E-state index contributed by atoms with van der Waals surface area (Å²) in [6.07, 6.45) is 0.851. The molecule has 180 valence electrons. The molecule has 1 saturated heterocycles. The summed E-state index contributed by atoms with van der Waals surface area (Å²) in [6.45, 7) is 3.32. The first-order valence-corrected chi connectivity index (χ1v) is 12.0. The number of ether oxygens (including phenoxy) is 1. The van der Waals surface area contributed by atoms with Crippen molar-refractivity contribution in [3.05, 3.63) is 96.1 Å². The summed E-state index contributed by atoms with van der Waals surface area (Å²) < 4.78 is 21.1. The first-order chi connectivity index (χ1) is 17.2. The van der Waals surface area contributed by atoms with E-state index in [9.17, 15) is 9.18 Å². The number of carbonyl (C=O) groups is 1. The van der Waals surface area contributed by atoms with Gasteiger partial charge in [0.05, 0.1) is 30.3 Å². The Balaban J connectivity index is 1.28. The van der Waals surface area contributed by atoms with Gasteiger partial charge in [0, 0.05) is 38.2 Å². The van der Waals surface area contributed by atoms with Crippen LogP contribution in [0.3, 0.4) is 0 Å². The van der Waals surface area contributed by atoms with E-state index in [0.717, 1.165) is 41.2 Å². The van der Waals surface area contributed by atoms with Crippen molar-refractivity contribution < 1.29 is 13.9 Å². The second-order valence-electron chi connectivity index (χ2n) is 8.71. The van der Waals surface area contributed by atoms with Crippen LogP contribution < -0.4 is 5.32 Å². The van der Waals surface area contributed by atoms with Gasteiger partial charge >= 0.3 is 0 Å². The van der Waals surface area contributed by atoms with E-state index in [2.05, 4.69) is 20.9 Å². The SMILES string of the molecule is O=C(CCc1nc2ccccc2n1-c1ccccc1)NCC(c1ccc(F)cc1)N1CCOCC1. The fourth-order valence-electron chi connectivity index (χ4n) is 4.66. The number of rotatable bonds is 8. The van der Waals surface area contributed by atoms with E-state index in [4.69, 9.17) is 9.72 Å². The summed E-state index contributed by atoms with van der Waals surface area (Å²) in [5.41, 5.74) is 3.95. The Bertz CT molecular complexity index is 1270. The van der Waals surface area contributed by atoms with Crippen LogP contribution in [0.5, 0.6) is 0 Å². The molecule has 1 fully saturated rings. The number of imidazole rings is 1. The fourth-order valence-corrected chi connectivity index (χ4v) is 4.66. The summed E-state index contributed by atoms with van der Waals surface area (Å²) in [5.74, 6) is 0.563. The minimum Gasteiger partial charge on any atom is -0.379 e. The van der Waals surface area contributed by atoms with E-state index in [-0.39, 0.29) is 17.8 Å². The molecule has 6 nitrogen and oxygen atoms in total. The number of nitrogens with one attached hydrogen (secondary N) is 1. The van der Waals surface area contributed by atoms with Crippen molar-refractivity contribution in [1.82, 2.24) is 19.8 Å². The van der Waals surface area contributed by atoms with Gasteiger partial charge in [0.2, 0.25) is 5.91 Å². The maximum atomic E-state index is 13.5. The van der Waals surface area contributed by atoms with Crippen molar-refractivity contribution in [3.8, 4) is 5.69 Å². The van der Waals surface area contributed by atoms with Crippen molar-refractivity contribution in [3.63, 3.8) is 0 Å². The predicted octanol–water partition coefficient (Wildman–Crippen LogP) is 4.29. The largest absolute Gasteiger partial charge is 0.379 e. The number of carbonyl (C=O) groups excluding carboxylic acids is 1. The van der Waals surface area contributed by atoms with E-state index in [0.29, 0.717) is 32.6 Å². The maximum Gasteiger partial charge on any atom is 0.220 e. The molecule has 7 heteroatoms. The second kappa shape index (κ2) is 10.8. The number of para-hydroxylation sites is 3. The lowest BCUT2D eigenvalue weighted by Crippen LogP contribution is -2.43. The van der Waals surface area contributed by atoms with Crippen LogP contribution in [0.15, 0.2) is 78.9 Å². The molecule has 1 atom stereocenters. The predicted molar refractivity (Wildman–Crippen MR) is 134 cm³/mol. The number of aryl methyl sites for hydroxylation is 1. The average Bonchev–Trinajstić information content (AvgIpc) is 3.28. The maximum absolute atomic E-state index is 13.5. The minimum atomic E-state index is -0.264. The van der Waals surface area contributed by atoms with Gasteiger partial charge in [-0.25, -0.2) is 9.37 Å². The lowest BCUT2D eigenvalue weighted by Gasteiger charge is -2.35. The Kier molecular flexibility index (Phi) is 7.16. The first-order valence-electron chi connectivity index (χ1n) is 12.0. The molecular formula is C28H29FN4O2. The van der Waals surface area contributed by atoms with Crippen LogP contribution >= 0.6 is 0 Å². The number of morpholine rings is 1. The molecule has 0 bridgehead atoms.